The van der Waals surface area contributed by atoms with Crippen molar-refractivity contribution in [2.75, 3.05) is 46.1 Å². The highest BCUT2D eigenvalue weighted by Gasteiger charge is 2.26. The van der Waals surface area contributed by atoms with E-state index in [-0.39, 0.29) is 24.0 Å². The number of morpholine rings is 1. The summed E-state index contributed by atoms with van der Waals surface area (Å²) in [6.07, 6.45) is 4.61. The molecule has 178 valence electrons. The van der Waals surface area contributed by atoms with Crippen LogP contribution in [0.25, 0.3) is 0 Å². The van der Waals surface area contributed by atoms with E-state index in [2.05, 4.69) is 11.4 Å². The number of benzene rings is 2. The van der Waals surface area contributed by atoms with Crippen LogP contribution < -0.4 is 14.8 Å². The summed E-state index contributed by atoms with van der Waals surface area (Å²) in [5.41, 5.74) is 2.69. The number of fused-ring (bicyclic) bond motifs is 1. The van der Waals surface area contributed by atoms with Gasteiger partial charge < -0.3 is 19.5 Å². The molecule has 1 saturated heterocycles. The van der Waals surface area contributed by atoms with Gasteiger partial charge >= 0.3 is 0 Å². The van der Waals surface area contributed by atoms with Gasteiger partial charge in [-0.25, -0.2) is 8.42 Å². The van der Waals surface area contributed by atoms with Gasteiger partial charge in [0.15, 0.2) is 6.61 Å². The highest BCUT2D eigenvalue weighted by atomic mass is 32.2. The van der Waals surface area contributed by atoms with Gasteiger partial charge in [-0.3, -0.25) is 4.79 Å². The highest BCUT2D eigenvalue weighted by molar-refractivity contribution is 7.89. The first-order chi connectivity index (χ1) is 16.0. The number of sulfonamides is 1. The van der Waals surface area contributed by atoms with Crippen LogP contribution in [0.15, 0.2) is 47.4 Å². The molecule has 8 nitrogen and oxygen atoms in total. The Kier molecular flexibility index (Phi) is 7.85. The Bertz CT molecular complexity index is 1050. The van der Waals surface area contributed by atoms with Crippen LogP contribution in [-0.2, 0) is 32.4 Å². The van der Waals surface area contributed by atoms with E-state index in [1.54, 1.807) is 12.1 Å². The number of nitrogens with zero attached hydrogens (tertiary/aromatic N) is 1. The van der Waals surface area contributed by atoms with E-state index in [0.717, 1.165) is 12.8 Å². The van der Waals surface area contributed by atoms with Crippen LogP contribution in [0.4, 0.5) is 0 Å². The summed E-state index contributed by atoms with van der Waals surface area (Å²) < 4.78 is 43.2. The van der Waals surface area contributed by atoms with Crippen molar-refractivity contribution >= 4 is 15.9 Å². The van der Waals surface area contributed by atoms with Gasteiger partial charge in [0.2, 0.25) is 10.0 Å². The van der Waals surface area contributed by atoms with Gasteiger partial charge in [0.1, 0.15) is 18.1 Å². The van der Waals surface area contributed by atoms with Gasteiger partial charge in [-0.2, -0.15) is 4.31 Å². The van der Waals surface area contributed by atoms with Crippen molar-refractivity contribution in [3.8, 4) is 11.5 Å². The zero-order chi connectivity index (χ0) is 23.1. The minimum Gasteiger partial charge on any atom is -0.492 e. The molecule has 1 N–H and O–H groups in total. The van der Waals surface area contributed by atoms with Gasteiger partial charge in [0, 0.05) is 13.1 Å². The fourth-order valence-electron chi connectivity index (χ4n) is 4.00. The Labute approximate surface area is 194 Å². The molecule has 9 heteroatoms. The van der Waals surface area contributed by atoms with Gasteiger partial charge in [-0.15, -0.1) is 0 Å². The summed E-state index contributed by atoms with van der Waals surface area (Å²) in [6.45, 7) is 2.06. The zero-order valence-electron chi connectivity index (χ0n) is 18.6. The minimum atomic E-state index is -3.52. The smallest absolute Gasteiger partial charge is 0.258 e. The first kappa shape index (κ1) is 23.5. The number of carbonyl (C=O) groups is 1. The normalized spacial score (nSPS) is 16.6. The molecule has 1 aliphatic carbocycles. The Morgan fingerprint density at radius 1 is 0.939 bits per heavy atom. The molecular formula is C24H30N2O6S. The van der Waals surface area contributed by atoms with Crippen molar-refractivity contribution in [3.05, 3.63) is 53.6 Å². The first-order valence-electron chi connectivity index (χ1n) is 11.3. The third-order valence-corrected chi connectivity index (χ3v) is 7.73. The molecule has 4 rings (SSSR count). The van der Waals surface area contributed by atoms with Crippen LogP contribution >= 0.6 is 0 Å². The van der Waals surface area contributed by atoms with E-state index in [1.165, 1.54) is 40.4 Å². The third-order valence-electron chi connectivity index (χ3n) is 5.81. The fraction of sp³-hybridized carbons (Fsp3) is 0.458. The van der Waals surface area contributed by atoms with Crippen molar-refractivity contribution in [2.24, 2.45) is 0 Å². The maximum atomic E-state index is 12.6. The maximum Gasteiger partial charge on any atom is 0.258 e. The number of hydrogen-bond acceptors (Lipinski definition) is 6. The molecule has 1 amide bonds. The molecule has 0 unspecified atom stereocenters. The first-order valence-corrected chi connectivity index (χ1v) is 12.8. The molecule has 0 radical (unpaired) electrons. The maximum absolute atomic E-state index is 12.6. The number of nitrogens with one attached hydrogen (secondary N) is 1. The molecule has 2 aliphatic rings. The topological polar surface area (TPSA) is 94.2 Å². The summed E-state index contributed by atoms with van der Waals surface area (Å²) in [5.74, 6) is 1.04. The lowest BCUT2D eigenvalue weighted by Crippen LogP contribution is -2.40. The summed E-state index contributed by atoms with van der Waals surface area (Å²) >= 11 is 0. The molecule has 1 heterocycles. The van der Waals surface area contributed by atoms with Gasteiger partial charge in [0.05, 0.1) is 24.7 Å². The Hall–Kier alpha value is -2.62. The number of amides is 1. The lowest BCUT2D eigenvalue weighted by Gasteiger charge is -2.26. The van der Waals surface area contributed by atoms with Gasteiger partial charge in [0.25, 0.3) is 5.91 Å². The number of aryl methyl sites for hydroxylation is 2. The molecule has 0 spiro atoms. The number of hydrogen-bond donors (Lipinski definition) is 1. The van der Waals surface area contributed by atoms with Crippen LogP contribution in [0.1, 0.15) is 24.0 Å². The van der Waals surface area contributed by atoms with Gasteiger partial charge in [-0.1, -0.05) is 6.07 Å². The van der Waals surface area contributed by atoms with E-state index in [9.17, 15) is 13.2 Å². The summed E-state index contributed by atoms with van der Waals surface area (Å²) in [6, 6.07) is 12.4. The van der Waals surface area contributed by atoms with E-state index >= 15 is 0 Å². The van der Waals surface area contributed by atoms with Crippen LogP contribution in [0, 0.1) is 0 Å². The Morgan fingerprint density at radius 3 is 2.39 bits per heavy atom. The van der Waals surface area contributed by atoms with E-state index in [4.69, 9.17) is 14.2 Å². The van der Waals surface area contributed by atoms with Crippen LogP contribution in [-0.4, -0.2) is 64.7 Å². The highest BCUT2D eigenvalue weighted by Crippen LogP contribution is 2.25. The average Bonchev–Trinajstić information content (AvgIpc) is 2.86. The lowest BCUT2D eigenvalue weighted by molar-refractivity contribution is -0.123. The minimum absolute atomic E-state index is 0.0487. The molecule has 33 heavy (non-hydrogen) atoms. The molecule has 1 fully saturated rings. The van der Waals surface area contributed by atoms with Gasteiger partial charge in [-0.05, 0) is 73.2 Å². The number of rotatable bonds is 9. The molecule has 2 aromatic carbocycles. The van der Waals surface area contributed by atoms with Crippen LogP contribution in [0.5, 0.6) is 11.5 Å². The van der Waals surface area contributed by atoms with Crippen molar-refractivity contribution in [2.45, 2.75) is 30.6 Å². The van der Waals surface area contributed by atoms with Crippen LogP contribution in [0.2, 0.25) is 0 Å². The summed E-state index contributed by atoms with van der Waals surface area (Å²) in [5, 5.41) is 2.76. The van der Waals surface area contributed by atoms with Crippen molar-refractivity contribution in [1.29, 1.82) is 0 Å². The van der Waals surface area contributed by atoms with Crippen molar-refractivity contribution in [3.63, 3.8) is 0 Å². The van der Waals surface area contributed by atoms with E-state index in [1.807, 2.05) is 12.1 Å². The van der Waals surface area contributed by atoms with E-state index in [0.29, 0.717) is 44.3 Å². The quantitative estimate of drug-likeness (QED) is 0.560. The van der Waals surface area contributed by atoms with E-state index < -0.39 is 10.0 Å². The Balaban J connectivity index is 1.17. The summed E-state index contributed by atoms with van der Waals surface area (Å²) in [7, 11) is -3.52. The zero-order valence-corrected chi connectivity index (χ0v) is 19.4. The Morgan fingerprint density at radius 2 is 1.64 bits per heavy atom. The molecule has 1 aliphatic heterocycles. The molecule has 0 atom stereocenters. The second kappa shape index (κ2) is 11.0. The fourth-order valence-corrected chi connectivity index (χ4v) is 5.41. The second-order valence-corrected chi connectivity index (χ2v) is 10.1. The second-order valence-electron chi connectivity index (χ2n) is 8.11. The SMILES string of the molecule is O=C(COc1ccc2c(c1)CCCC2)NCCOc1ccc(S(=O)(=O)N2CCOCC2)cc1. The molecule has 0 saturated carbocycles. The van der Waals surface area contributed by atoms with Crippen molar-refractivity contribution < 1.29 is 27.4 Å². The average molecular weight is 475 g/mol. The largest absolute Gasteiger partial charge is 0.492 e. The molecular weight excluding hydrogens is 444 g/mol. The van der Waals surface area contributed by atoms with Crippen molar-refractivity contribution in [1.82, 2.24) is 9.62 Å². The lowest BCUT2D eigenvalue weighted by atomic mass is 9.92. The predicted octanol–water partition coefficient (Wildman–Crippen LogP) is 2.16. The molecule has 2 aromatic rings. The standard InChI is InChI=1S/C24H30N2O6S/c27-24(18-32-22-6-5-19-3-1-2-4-20(19)17-22)25-11-14-31-21-7-9-23(10-8-21)33(28,29)26-12-15-30-16-13-26/h5-10,17H,1-4,11-16,18H2,(H,25,27). The van der Waals surface area contributed by atoms with Crippen LogP contribution in [0.3, 0.4) is 0 Å². The number of ether oxygens (including phenoxy) is 3. The predicted molar refractivity (Wildman–Crippen MR) is 123 cm³/mol. The third kappa shape index (κ3) is 6.25. The molecule has 0 bridgehead atoms. The summed E-state index contributed by atoms with van der Waals surface area (Å²) in [4.78, 5) is 12.3. The monoisotopic (exact) mass is 474 g/mol. The number of carbonyl (C=O) groups excluding carboxylic acids is 1. The molecule has 0 aromatic heterocycles.